The topological polar surface area (TPSA) is 24.4 Å². The molecule has 0 amide bonds. The van der Waals surface area contributed by atoms with E-state index < -0.39 is 18.1 Å². The maximum atomic E-state index is 13.2. The summed E-state index contributed by atoms with van der Waals surface area (Å²) in [5.74, 6) is 1.67. The van der Waals surface area contributed by atoms with Gasteiger partial charge in [-0.15, -0.1) is 13.2 Å². The van der Waals surface area contributed by atoms with Crippen LogP contribution in [0.5, 0.6) is 0 Å². The molecule has 0 aromatic heterocycles. The van der Waals surface area contributed by atoms with Gasteiger partial charge in [-0.3, -0.25) is 4.99 Å². The molecule has 1 N–H and O–H groups in total. The van der Waals surface area contributed by atoms with Crippen LogP contribution in [0, 0.1) is 40.4 Å². The van der Waals surface area contributed by atoms with Crippen LogP contribution in [0.25, 0.3) is 0 Å². The third kappa shape index (κ3) is 7.16. The van der Waals surface area contributed by atoms with E-state index in [0.717, 1.165) is 24.2 Å². The van der Waals surface area contributed by atoms with Crippen LogP contribution < -0.4 is 5.32 Å². The summed E-state index contributed by atoms with van der Waals surface area (Å²) < 4.78 is 39.7. The molecule has 4 rings (SSSR count). The fourth-order valence-corrected chi connectivity index (χ4v) is 9.43. The van der Waals surface area contributed by atoms with Crippen molar-refractivity contribution in [2.24, 2.45) is 45.4 Å². The summed E-state index contributed by atoms with van der Waals surface area (Å²) in [5, 5.41) is 3.07. The molecule has 5 heteroatoms. The van der Waals surface area contributed by atoms with Gasteiger partial charge in [0.1, 0.15) is 0 Å². The van der Waals surface area contributed by atoms with Crippen molar-refractivity contribution in [2.45, 2.75) is 124 Å². The first kappa shape index (κ1) is 34.8. The Kier molecular flexibility index (Phi) is 13.2. The van der Waals surface area contributed by atoms with Crippen molar-refractivity contribution in [2.75, 3.05) is 13.1 Å². The monoisotopic (exact) mass is 564 g/mol. The molecular formula is C35H59F3N2. The molecule has 40 heavy (non-hydrogen) atoms. The van der Waals surface area contributed by atoms with Gasteiger partial charge in [0.15, 0.2) is 0 Å². The molecule has 1 saturated heterocycles. The first-order valence-corrected chi connectivity index (χ1v) is 16.2. The van der Waals surface area contributed by atoms with Gasteiger partial charge in [-0.2, -0.15) is 13.2 Å². The lowest BCUT2D eigenvalue weighted by molar-refractivity contribution is -0.176. The van der Waals surface area contributed by atoms with Crippen molar-refractivity contribution in [1.82, 2.24) is 5.32 Å². The lowest BCUT2D eigenvalue weighted by Crippen LogP contribution is -2.50. The van der Waals surface area contributed by atoms with E-state index in [2.05, 4.69) is 58.8 Å². The maximum Gasteiger partial charge on any atom is 0.393 e. The third-order valence-corrected chi connectivity index (χ3v) is 11.1. The summed E-state index contributed by atoms with van der Waals surface area (Å²) in [5.41, 5.74) is 3.50. The smallest absolute Gasteiger partial charge is 0.313 e. The zero-order chi connectivity index (χ0) is 30.1. The average molecular weight is 565 g/mol. The van der Waals surface area contributed by atoms with E-state index in [9.17, 15) is 13.2 Å². The molecule has 0 aromatic rings. The highest BCUT2D eigenvalue weighted by atomic mass is 19.4. The molecule has 8 atom stereocenters. The predicted molar refractivity (Wildman–Crippen MR) is 167 cm³/mol. The van der Waals surface area contributed by atoms with Crippen LogP contribution in [-0.2, 0) is 0 Å². The molecule has 0 radical (unpaired) electrons. The Bertz CT molecular complexity index is 861. The van der Waals surface area contributed by atoms with Gasteiger partial charge in [0.05, 0.1) is 5.92 Å². The van der Waals surface area contributed by atoms with Crippen LogP contribution in [0.1, 0.15) is 112 Å². The number of hydrogen-bond acceptors (Lipinski definition) is 2. The molecule has 3 aliphatic carbocycles. The lowest BCUT2D eigenvalue weighted by Gasteiger charge is -2.57. The van der Waals surface area contributed by atoms with Gasteiger partial charge >= 0.3 is 6.18 Å². The molecule has 4 aliphatic rings. The number of alkyl halides is 3. The average Bonchev–Trinajstić information content (AvgIpc) is 3.55. The van der Waals surface area contributed by atoms with Crippen molar-refractivity contribution < 1.29 is 13.2 Å². The molecule has 2 nitrogen and oxygen atoms in total. The maximum absolute atomic E-state index is 13.2. The van der Waals surface area contributed by atoms with Gasteiger partial charge < -0.3 is 5.32 Å². The summed E-state index contributed by atoms with van der Waals surface area (Å²) >= 11 is 0. The molecule has 230 valence electrons. The van der Waals surface area contributed by atoms with E-state index >= 15 is 0 Å². The normalized spacial score (nSPS) is 38.4. The number of nitrogens with one attached hydrogen (secondary N) is 1. The van der Waals surface area contributed by atoms with Gasteiger partial charge in [0, 0.05) is 24.2 Å². The first-order chi connectivity index (χ1) is 19.1. The Morgan fingerprint density at radius 1 is 1.07 bits per heavy atom. The Hall–Kier alpha value is -1.36. The minimum atomic E-state index is -4.09. The first-order valence-electron chi connectivity index (χ1n) is 16.2. The van der Waals surface area contributed by atoms with Crippen LogP contribution >= 0.6 is 0 Å². The number of rotatable bonds is 8. The fourth-order valence-electron chi connectivity index (χ4n) is 9.43. The Balaban J connectivity index is 0.00000134. The van der Waals surface area contributed by atoms with Crippen LogP contribution in [0.4, 0.5) is 13.2 Å². The van der Waals surface area contributed by atoms with Gasteiger partial charge in [-0.25, -0.2) is 0 Å². The zero-order valence-electron chi connectivity index (χ0n) is 26.5. The van der Waals surface area contributed by atoms with Crippen molar-refractivity contribution in [3.05, 3.63) is 37.5 Å². The van der Waals surface area contributed by atoms with Crippen LogP contribution in [0.15, 0.2) is 42.5 Å². The van der Waals surface area contributed by atoms with Crippen molar-refractivity contribution >= 4 is 5.71 Å². The minimum absolute atomic E-state index is 0.211. The van der Waals surface area contributed by atoms with Gasteiger partial charge in [-0.05, 0) is 106 Å². The summed E-state index contributed by atoms with van der Waals surface area (Å²) in [6.07, 6.45) is 11.8. The number of allylic oxidation sites excluding steroid dienone is 3. The number of nitrogens with zero attached hydrogens (tertiary/aromatic N) is 1. The minimum Gasteiger partial charge on any atom is -0.313 e. The summed E-state index contributed by atoms with van der Waals surface area (Å²) in [4.78, 5) is 4.98. The molecule has 0 spiro atoms. The van der Waals surface area contributed by atoms with E-state index in [1.165, 1.54) is 57.1 Å². The fraction of sp³-hybridized carbons (Fsp3) is 0.800. The van der Waals surface area contributed by atoms with Crippen molar-refractivity contribution in [3.63, 3.8) is 0 Å². The number of aliphatic imine (C=N–C) groups is 1. The quantitative estimate of drug-likeness (QED) is 0.177. The summed E-state index contributed by atoms with van der Waals surface area (Å²) in [6.45, 7) is 24.7. The van der Waals surface area contributed by atoms with Crippen LogP contribution in [0.2, 0.25) is 0 Å². The Morgan fingerprint density at radius 2 is 1.77 bits per heavy atom. The van der Waals surface area contributed by atoms with E-state index in [0.29, 0.717) is 36.3 Å². The summed E-state index contributed by atoms with van der Waals surface area (Å²) in [7, 11) is 0. The standard InChI is InChI=1S/C31H49F3N2.C2H6.C2H4/c1-6-9-22-11-12-23-25-14-13-24(30(25,5)18-15-26(23)29(22,4)17-7-2)21(3)35-19-8-10-28-27(16-20-36-28)31(32,33)34;2*1-2/h6,9,23-28,36H,1,7-8,10-20H2,2-5H3;1-2H3;1-2H2/b22-9-,35-21?;;. The molecule has 1 heterocycles. The second kappa shape index (κ2) is 15.2. The predicted octanol–water partition coefficient (Wildman–Crippen LogP) is 10.4. The number of halogens is 3. The highest BCUT2D eigenvalue weighted by Crippen LogP contribution is 2.66. The molecular weight excluding hydrogens is 505 g/mol. The molecule has 1 aliphatic heterocycles. The Labute approximate surface area is 244 Å². The molecule has 0 aromatic carbocycles. The van der Waals surface area contributed by atoms with Gasteiger partial charge in [0.2, 0.25) is 0 Å². The second-order valence-electron chi connectivity index (χ2n) is 12.8. The van der Waals surface area contributed by atoms with Crippen LogP contribution in [0.3, 0.4) is 0 Å². The second-order valence-corrected chi connectivity index (χ2v) is 12.8. The lowest BCUT2D eigenvalue weighted by atomic mass is 9.47. The van der Waals surface area contributed by atoms with Crippen LogP contribution in [-0.4, -0.2) is 31.0 Å². The molecule has 0 bridgehead atoms. The van der Waals surface area contributed by atoms with Crippen molar-refractivity contribution in [3.8, 4) is 0 Å². The van der Waals surface area contributed by atoms with E-state index in [1.54, 1.807) is 5.57 Å². The SMILES string of the molecule is C=C.C=C/C=C1/CCC2C(CCC3(C)C(C(C)=NCCCC4NCCC4C(F)(F)F)CCC23)C1(C)CCC.CC. The number of hydrogen-bond donors (Lipinski definition) is 1. The van der Waals surface area contributed by atoms with E-state index in [4.69, 9.17) is 4.99 Å². The zero-order valence-corrected chi connectivity index (χ0v) is 26.5. The third-order valence-electron chi connectivity index (χ3n) is 11.1. The summed E-state index contributed by atoms with van der Waals surface area (Å²) in [6, 6.07) is -0.437. The van der Waals surface area contributed by atoms with Gasteiger partial charge in [0.25, 0.3) is 0 Å². The Morgan fingerprint density at radius 3 is 2.40 bits per heavy atom. The van der Waals surface area contributed by atoms with Gasteiger partial charge in [-0.1, -0.05) is 65.3 Å². The molecule has 8 unspecified atom stereocenters. The van der Waals surface area contributed by atoms with E-state index in [1.807, 2.05) is 19.9 Å². The number of fused-ring (bicyclic) bond motifs is 3. The highest BCUT2D eigenvalue weighted by Gasteiger charge is 2.58. The molecule has 3 saturated carbocycles. The van der Waals surface area contributed by atoms with Crippen molar-refractivity contribution in [1.29, 1.82) is 0 Å². The largest absolute Gasteiger partial charge is 0.393 e. The van der Waals surface area contributed by atoms with E-state index in [-0.39, 0.29) is 6.42 Å². The molecule has 4 fully saturated rings. The highest BCUT2D eigenvalue weighted by molar-refractivity contribution is 5.85.